The molecule has 3 rings (SSSR count). The Hall–Kier alpha value is -0.380. The fourth-order valence-corrected chi connectivity index (χ4v) is 5.98. The molecule has 114 valence electrons. The summed E-state index contributed by atoms with van der Waals surface area (Å²) in [5, 5.41) is 1.55. The number of carbonyl (C=O) groups excluding carboxylic acids is 1. The van der Waals surface area contributed by atoms with Crippen LogP contribution in [-0.2, 0) is 4.74 Å². The van der Waals surface area contributed by atoms with Gasteiger partial charge in [0.05, 0.1) is 0 Å². The lowest BCUT2D eigenvalue weighted by atomic mass is 9.76. The lowest BCUT2D eigenvalue weighted by molar-refractivity contribution is -0.0455. The fraction of sp³-hybridized carbons (Fsp3) is 0.938. The second kappa shape index (κ2) is 5.78. The highest BCUT2D eigenvalue weighted by molar-refractivity contribution is 8.01. The van der Waals surface area contributed by atoms with Gasteiger partial charge in [-0.05, 0) is 51.9 Å². The van der Waals surface area contributed by atoms with Gasteiger partial charge >= 0.3 is 6.09 Å². The molecule has 4 unspecified atom stereocenters. The van der Waals surface area contributed by atoms with E-state index < -0.39 is 0 Å². The SMILES string of the molecule is CCC(C)(OC(=O)N1CCCCC1)C1CC2CCC1S2. The molecule has 0 aromatic rings. The summed E-state index contributed by atoms with van der Waals surface area (Å²) in [5.41, 5.74) is -0.263. The predicted octanol–water partition coefficient (Wildman–Crippen LogP) is 4.06. The molecule has 3 saturated heterocycles. The van der Waals surface area contributed by atoms with Crippen molar-refractivity contribution in [3.63, 3.8) is 0 Å². The molecule has 20 heavy (non-hydrogen) atoms. The normalized spacial score (nSPS) is 35.9. The van der Waals surface area contributed by atoms with Crippen LogP contribution in [0.3, 0.4) is 0 Å². The first-order chi connectivity index (χ1) is 9.62. The van der Waals surface area contributed by atoms with E-state index in [0.29, 0.717) is 5.92 Å². The highest BCUT2D eigenvalue weighted by Gasteiger charge is 2.50. The minimum Gasteiger partial charge on any atom is -0.443 e. The highest BCUT2D eigenvalue weighted by atomic mass is 32.2. The predicted molar refractivity (Wildman–Crippen MR) is 83.1 cm³/mol. The summed E-state index contributed by atoms with van der Waals surface area (Å²) >= 11 is 2.14. The van der Waals surface area contributed by atoms with Crippen molar-refractivity contribution in [2.75, 3.05) is 13.1 Å². The molecule has 0 spiro atoms. The Kier molecular flexibility index (Phi) is 4.21. The number of amides is 1. The number of rotatable bonds is 3. The summed E-state index contributed by atoms with van der Waals surface area (Å²) in [6, 6.07) is 0. The maximum atomic E-state index is 12.4. The van der Waals surface area contributed by atoms with E-state index in [2.05, 4.69) is 25.6 Å². The largest absolute Gasteiger partial charge is 0.443 e. The van der Waals surface area contributed by atoms with E-state index in [-0.39, 0.29) is 11.7 Å². The van der Waals surface area contributed by atoms with E-state index in [1.54, 1.807) is 0 Å². The summed E-state index contributed by atoms with van der Waals surface area (Å²) in [5.74, 6) is 0.560. The minimum atomic E-state index is -0.263. The van der Waals surface area contributed by atoms with E-state index in [9.17, 15) is 4.79 Å². The van der Waals surface area contributed by atoms with Crippen LogP contribution in [0.5, 0.6) is 0 Å². The molecule has 0 aromatic carbocycles. The van der Waals surface area contributed by atoms with Gasteiger partial charge in [-0.3, -0.25) is 0 Å². The van der Waals surface area contributed by atoms with Crippen LogP contribution in [0.4, 0.5) is 4.79 Å². The molecular formula is C16H27NO2S. The maximum absolute atomic E-state index is 12.4. The Balaban J connectivity index is 1.64. The molecule has 3 fully saturated rings. The Morgan fingerprint density at radius 3 is 2.60 bits per heavy atom. The quantitative estimate of drug-likeness (QED) is 0.786. The number of likely N-dealkylation sites (tertiary alicyclic amines) is 1. The third kappa shape index (κ3) is 2.68. The molecule has 0 N–H and O–H groups in total. The Morgan fingerprint density at radius 2 is 2.05 bits per heavy atom. The van der Waals surface area contributed by atoms with E-state index in [1.165, 1.54) is 25.7 Å². The molecule has 4 heteroatoms. The molecule has 3 nitrogen and oxygen atoms in total. The van der Waals surface area contributed by atoms with Crippen LogP contribution in [0.2, 0.25) is 0 Å². The van der Waals surface area contributed by atoms with E-state index in [1.807, 2.05) is 4.90 Å². The van der Waals surface area contributed by atoms with E-state index in [4.69, 9.17) is 4.74 Å². The topological polar surface area (TPSA) is 29.5 Å². The standard InChI is InChI=1S/C16H27NO2S/c1-3-16(2,13-11-12-7-8-14(13)20-12)19-15(18)17-9-5-4-6-10-17/h12-14H,3-11H2,1-2H3. The van der Waals surface area contributed by atoms with Crippen molar-refractivity contribution in [1.82, 2.24) is 4.90 Å². The van der Waals surface area contributed by atoms with Crippen molar-refractivity contribution in [2.24, 2.45) is 5.92 Å². The molecule has 0 aromatic heterocycles. The average Bonchev–Trinajstić information content (AvgIpc) is 3.11. The first kappa shape index (κ1) is 14.6. The number of nitrogens with zero attached hydrogens (tertiary/aromatic N) is 1. The summed E-state index contributed by atoms with van der Waals surface area (Å²) < 4.78 is 6.04. The first-order valence-electron chi connectivity index (χ1n) is 8.26. The van der Waals surface area contributed by atoms with Crippen molar-refractivity contribution in [3.05, 3.63) is 0 Å². The van der Waals surface area contributed by atoms with Crippen molar-refractivity contribution in [3.8, 4) is 0 Å². The van der Waals surface area contributed by atoms with Crippen molar-refractivity contribution in [1.29, 1.82) is 0 Å². The summed E-state index contributed by atoms with van der Waals surface area (Å²) in [7, 11) is 0. The van der Waals surface area contributed by atoms with Crippen molar-refractivity contribution < 1.29 is 9.53 Å². The number of hydrogen-bond donors (Lipinski definition) is 0. The van der Waals surface area contributed by atoms with Crippen LogP contribution in [0, 0.1) is 5.92 Å². The Bertz CT molecular complexity index is 369. The molecular weight excluding hydrogens is 270 g/mol. The molecule has 2 bridgehead atoms. The van der Waals surface area contributed by atoms with Gasteiger partial charge in [0.2, 0.25) is 0 Å². The van der Waals surface area contributed by atoms with Gasteiger partial charge in [-0.15, -0.1) is 0 Å². The summed E-state index contributed by atoms with van der Waals surface area (Å²) in [6.07, 6.45) is 8.29. The molecule has 0 radical (unpaired) electrons. The van der Waals surface area contributed by atoms with Gasteiger partial charge in [0.25, 0.3) is 0 Å². The van der Waals surface area contributed by atoms with Gasteiger partial charge in [-0.1, -0.05) is 6.92 Å². The fourth-order valence-electron chi connectivity index (χ4n) is 4.03. The zero-order valence-corrected chi connectivity index (χ0v) is 13.6. The van der Waals surface area contributed by atoms with Crippen LogP contribution in [0.1, 0.15) is 58.8 Å². The van der Waals surface area contributed by atoms with Crippen LogP contribution in [-0.4, -0.2) is 40.2 Å². The summed E-state index contributed by atoms with van der Waals surface area (Å²) in [6.45, 7) is 6.09. The Morgan fingerprint density at radius 1 is 1.30 bits per heavy atom. The average molecular weight is 297 g/mol. The number of piperidine rings is 1. The second-order valence-electron chi connectivity index (χ2n) is 6.80. The van der Waals surface area contributed by atoms with Gasteiger partial charge < -0.3 is 9.64 Å². The van der Waals surface area contributed by atoms with Crippen LogP contribution >= 0.6 is 11.8 Å². The van der Waals surface area contributed by atoms with Gasteiger partial charge in [0.15, 0.2) is 0 Å². The van der Waals surface area contributed by atoms with E-state index >= 15 is 0 Å². The number of ether oxygens (including phenoxy) is 1. The van der Waals surface area contributed by atoms with Crippen LogP contribution in [0.15, 0.2) is 0 Å². The number of hydrogen-bond acceptors (Lipinski definition) is 3. The molecule has 3 heterocycles. The smallest absolute Gasteiger partial charge is 0.410 e. The van der Waals surface area contributed by atoms with E-state index in [0.717, 1.165) is 42.9 Å². The van der Waals surface area contributed by atoms with Crippen LogP contribution < -0.4 is 0 Å². The number of carbonyl (C=O) groups is 1. The first-order valence-corrected chi connectivity index (χ1v) is 9.20. The van der Waals surface area contributed by atoms with Gasteiger partial charge in [0, 0.05) is 29.5 Å². The molecule has 0 saturated carbocycles. The molecule has 3 aliphatic rings. The zero-order chi connectivity index (χ0) is 14.2. The lowest BCUT2D eigenvalue weighted by Gasteiger charge is -2.40. The molecule has 3 aliphatic heterocycles. The highest BCUT2D eigenvalue weighted by Crippen LogP contribution is 2.54. The van der Waals surface area contributed by atoms with Gasteiger partial charge in [-0.2, -0.15) is 11.8 Å². The molecule has 1 amide bonds. The molecule has 0 aliphatic carbocycles. The number of thioether (sulfide) groups is 1. The zero-order valence-electron chi connectivity index (χ0n) is 12.8. The summed E-state index contributed by atoms with van der Waals surface area (Å²) in [4.78, 5) is 14.3. The third-order valence-electron chi connectivity index (χ3n) is 5.53. The lowest BCUT2D eigenvalue weighted by Crippen LogP contribution is -2.47. The second-order valence-corrected chi connectivity index (χ2v) is 8.34. The van der Waals surface area contributed by atoms with Crippen molar-refractivity contribution >= 4 is 17.9 Å². The van der Waals surface area contributed by atoms with Crippen LogP contribution in [0.25, 0.3) is 0 Å². The number of fused-ring (bicyclic) bond motifs is 2. The Labute approximate surface area is 126 Å². The van der Waals surface area contributed by atoms with Crippen molar-refractivity contribution in [2.45, 2.75) is 74.9 Å². The monoisotopic (exact) mass is 297 g/mol. The maximum Gasteiger partial charge on any atom is 0.410 e. The van der Waals surface area contributed by atoms with Gasteiger partial charge in [-0.25, -0.2) is 4.79 Å². The minimum absolute atomic E-state index is 0.0678. The van der Waals surface area contributed by atoms with Gasteiger partial charge in [0.1, 0.15) is 5.60 Å². The third-order valence-corrected chi connectivity index (χ3v) is 7.25. The molecule has 4 atom stereocenters.